The molecule has 1 unspecified atom stereocenters. The van der Waals surface area contributed by atoms with Crippen molar-refractivity contribution < 1.29 is 0 Å². The van der Waals surface area contributed by atoms with E-state index < -0.39 is 0 Å². The van der Waals surface area contributed by atoms with Gasteiger partial charge in [-0.2, -0.15) is 15.0 Å². The summed E-state index contributed by atoms with van der Waals surface area (Å²) < 4.78 is 0. The van der Waals surface area contributed by atoms with E-state index in [4.69, 9.17) is 0 Å². The zero-order valence-electron chi connectivity index (χ0n) is 13.1. The minimum atomic E-state index is 0.557. The number of nitrogens with zero attached hydrogens (tertiary/aromatic N) is 6. The predicted octanol–water partition coefficient (Wildman–Crippen LogP) is 0.510. The number of nitrogens with one attached hydrogen (secondary N) is 1. The highest BCUT2D eigenvalue weighted by Crippen LogP contribution is 2.21. The lowest BCUT2D eigenvalue weighted by Gasteiger charge is -2.36. The molecular formula is C13H25N7. The van der Waals surface area contributed by atoms with Crippen LogP contribution < -0.4 is 15.1 Å². The summed E-state index contributed by atoms with van der Waals surface area (Å²) in [7, 11) is 9.98. The third-order valence-corrected chi connectivity index (χ3v) is 3.65. The maximum absolute atomic E-state index is 4.57. The van der Waals surface area contributed by atoms with E-state index in [1.165, 1.54) is 12.8 Å². The molecule has 7 nitrogen and oxygen atoms in total. The SMILES string of the molecule is CNc1nc(N(C)C)nc(N2CCCC(N(C)C)C2)n1. The smallest absolute Gasteiger partial charge is 0.232 e. The molecule has 7 heteroatoms. The third-order valence-electron chi connectivity index (χ3n) is 3.65. The Morgan fingerprint density at radius 3 is 2.50 bits per heavy atom. The van der Waals surface area contributed by atoms with Gasteiger partial charge in [0.2, 0.25) is 17.8 Å². The summed E-state index contributed by atoms with van der Waals surface area (Å²) in [6.07, 6.45) is 2.40. The summed E-state index contributed by atoms with van der Waals surface area (Å²) in [5, 5.41) is 3.01. The average molecular weight is 279 g/mol. The van der Waals surface area contributed by atoms with Gasteiger partial charge >= 0.3 is 0 Å². The third kappa shape index (κ3) is 3.27. The van der Waals surface area contributed by atoms with Crippen molar-refractivity contribution in [2.75, 3.05) is 63.4 Å². The highest BCUT2D eigenvalue weighted by Gasteiger charge is 2.24. The van der Waals surface area contributed by atoms with Gasteiger partial charge in [0, 0.05) is 40.3 Å². The molecule has 1 fully saturated rings. The van der Waals surface area contributed by atoms with Gasteiger partial charge in [-0.25, -0.2) is 0 Å². The van der Waals surface area contributed by atoms with Crippen molar-refractivity contribution in [2.45, 2.75) is 18.9 Å². The van der Waals surface area contributed by atoms with E-state index in [0.29, 0.717) is 17.9 Å². The van der Waals surface area contributed by atoms with Crippen LogP contribution in [0.3, 0.4) is 0 Å². The summed E-state index contributed by atoms with van der Waals surface area (Å²) >= 11 is 0. The number of rotatable bonds is 4. The molecule has 0 radical (unpaired) electrons. The molecule has 112 valence electrons. The molecule has 2 heterocycles. The Bertz CT molecular complexity index is 446. The van der Waals surface area contributed by atoms with Crippen LogP contribution >= 0.6 is 0 Å². The van der Waals surface area contributed by atoms with Crippen LogP contribution in [0.2, 0.25) is 0 Å². The molecule has 1 atom stereocenters. The molecule has 1 aromatic rings. The van der Waals surface area contributed by atoms with E-state index in [2.05, 4.69) is 44.2 Å². The summed E-state index contributed by atoms with van der Waals surface area (Å²) in [5.41, 5.74) is 0. The van der Waals surface area contributed by atoms with Crippen molar-refractivity contribution in [3.63, 3.8) is 0 Å². The first-order chi connectivity index (χ1) is 9.51. The number of anilines is 3. The quantitative estimate of drug-likeness (QED) is 0.861. The topological polar surface area (TPSA) is 60.4 Å². The standard InChI is InChI=1S/C13H25N7/c1-14-11-15-12(19(4)5)17-13(16-11)20-8-6-7-10(9-20)18(2)3/h10H,6-9H2,1-5H3,(H,14,15,16,17). The van der Waals surface area contributed by atoms with Crippen molar-refractivity contribution in [2.24, 2.45) is 0 Å². The molecular weight excluding hydrogens is 254 g/mol. The fourth-order valence-corrected chi connectivity index (χ4v) is 2.37. The Balaban J connectivity index is 2.24. The Morgan fingerprint density at radius 1 is 1.15 bits per heavy atom. The number of hydrogen-bond acceptors (Lipinski definition) is 7. The minimum Gasteiger partial charge on any atom is -0.357 e. The van der Waals surface area contributed by atoms with Crippen molar-refractivity contribution in [3.8, 4) is 0 Å². The predicted molar refractivity (Wildman–Crippen MR) is 82.6 cm³/mol. The fraction of sp³-hybridized carbons (Fsp3) is 0.769. The highest BCUT2D eigenvalue weighted by atomic mass is 15.4. The van der Waals surface area contributed by atoms with Gasteiger partial charge in [-0.3, -0.25) is 0 Å². The van der Waals surface area contributed by atoms with Gasteiger partial charge < -0.3 is 20.0 Å². The monoisotopic (exact) mass is 279 g/mol. The zero-order chi connectivity index (χ0) is 14.7. The van der Waals surface area contributed by atoms with Crippen molar-refractivity contribution >= 4 is 17.8 Å². The molecule has 0 saturated carbocycles. The number of hydrogen-bond donors (Lipinski definition) is 1. The maximum atomic E-state index is 4.57. The molecule has 1 aromatic heterocycles. The number of aromatic nitrogens is 3. The fourth-order valence-electron chi connectivity index (χ4n) is 2.37. The summed E-state index contributed by atoms with van der Waals surface area (Å²) in [6.45, 7) is 1.97. The van der Waals surface area contributed by atoms with Crippen LogP contribution in [0.1, 0.15) is 12.8 Å². The van der Waals surface area contributed by atoms with Gasteiger partial charge in [-0.15, -0.1) is 0 Å². The number of likely N-dealkylation sites (N-methyl/N-ethyl adjacent to an activating group) is 1. The van der Waals surface area contributed by atoms with E-state index in [1.807, 2.05) is 26.0 Å². The van der Waals surface area contributed by atoms with Crippen molar-refractivity contribution in [3.05, 3.63) is 0 Å². The van der Waals surface area contributed by atoms with Crippen LogP contribution in [0.5, 0.6) is 0 Å². The van der Waals surface area contributed by atoms with E-state index >= 15 is 0 Å². The first kappa shape index (κ1) is 14.8. The van der Waals surface area contributed by atoms with Gasteiger partial charge in [0.25, 0.3) is 0 Å². The second kappa shape index (κ2) is 6.21. The second-order valence-corrected chi connectivity index (χ2v) is 5.61. The molecule has 2 rings (SSSR count). The molecule has 0 aromatic carbocycles. The largest absolute Gasteiger partial charge is 0.357 e. The summed E-state index contributed by atoms with van der Waals surface area (Å²) in [5.74, 6) is 2.07. The maximum Gasteiger partial charge on any atom is 0.232 e. The van der Waals surface area contributed by atoms with Crippen LogP contribution in [0, 0.1) is 0 Å². The van der Waals surface area contributed by atoms with E-state index in [1.54, 1.807) is 0 Å². The normalized spacial score (nSPS) is 19.3. The first-order valence-corrected chi connectivity index (χ1v) is 7.03. The zero-order valence-corrected chi connectivity index (χ0v) is 13.1. The Kier molecular flexibility index (Phi) is 4.59. The summed E-state index contributed by atoms with van der Waals surface area (Å²) in [6, 6.07) is 0.557. The molecule has 1 aliphatic heterocycles. The van der Waals surface area contributed by atoms with Crippen molar-refractivity contribution in [1.82, 2.24) is 19.9 Å². The van der Waals surface area contributed by atoms with Crippen molar-refractivity contribution in [1.29, 1.82) is 0 Å². The second-order valence-electron chi connectivity index (χ2n) is 5.61. The van der Waals surface area contributed by atoms with Crippen LogP contribution in [0.25, 0.3) is 0 Å². The molecule has 0 spiro atoms. The number of piperidine rings is 1. The molecule has 1 saturated heterocycles. The van der Waals surface area contributed by atoms with Crippen LogP contribution in [0.4, 0.5) is 17.8 Å². The first-order valence-electron chi connectivity index (χ1n) is 7.03. The molecule has 20 heavy (non-hydrogen) atoms. The molecule has 1 N–H and O–H groups in total. The molecule has 0 aliphatic carbocycles. The lowest BCUT2D eigenvalue weighted by molar-refractivity contribution is 0.257. The van der Waals surface area contributed by atoms with E-state index in [9.17, 15) is 0 Å². The minimum absolute atomic E-state index is 0.557. The highest BCUT2D eigenvalue weighted by molar-refractivity contribution is 5.44. The van der Waals surface area contributed by atoms with Gasteiger partial charge in [-0.1, -0.05) is 0 Å². The van der Waals surface area contributed by atoms with E-state index in [-0.39, 0.29) is 0 Å². The molecule has 1 aliphatic rings. The van der Waals surface area contributed by atoms with Gasteiger partial charge in [0.1, 0.15) is 0 Å². The lowest BCUT2D eigenvalue weighted by Crippen LogP contribution is -2.45. The lowest BCUT2D eigenvalue weighted by atomic mass is 10.1. The van der Waals surface area contributed by atoms with Crippen LogP contribution in [0.15, 0.2) is 0 Å². The summed E-state index contributed by atoms with van der Waals surface area (Å²) in [4.78, 5) is 19.9. The Hall–Kier alpha value is -1.63. The van der Waals surface area contributed by atoms with Gasteiger partial charge in [0.15, 0.2) is 0 Å². The average Bonchev–Trinajstić information content (AvgIpc) is 2.46. The Labute approximate surface area is 121 Å². The van der Waals surface area contributed by atoms with E-state index in [0.717, 1.165) is 19.0 Å². The molecule has 0 amide bonds. The Morgan fingerprint density at radius 2 is 1.90 bits per heavy atom. The molecule has 0 bridgehead atoms. The van der Waals surface area contributed by atoms with Gasteiger partial charge in [0.05, 0.1) is 0 Å². The van der Waals surface area contributed by atoms with Crippen LogP contribution in [-0.2, 0) is 0 Å². The van der Waals surface area contributed by atoms with Crippen LogP contribution in [-0.4, -0.2) is 74.2 Å². The van der Waals surface area contributed by atoms with Gasteiger partial charge in [-0.05, 0) is 26.9 Å².